The number of likely N-dealkylation sites (tertiary alicyclic amines) is 1. The zero-order valence-corrected chi connectivity index (χ0v) is 32.1. The average Bonchev–Trinajstić information content (AvgIpc) is 3.58. The number of hydrogen-bond donors (Lipinski definition) is 3. The van der Waals surface area contributed by atoms with Crippen molar-refractivity contribution >= 4 is 35.0 Å². The zero-order chi connectivity index (χ0) is 36.8. The number of aromatic nitrogens is 1. The molecule has 0 bridgehead atoms. The highest BCUT2D eigenvalue weighted by atomic mass is 32.1. The van der Waals surface area contributed by atoms with Gasteiger partial charge in [0.05, 0.1) is 17.0 Å². The molecular weight excluding hydrogens is 651 g/mol. The standard InChI is InChI=1S/C39H61N5O5S/c1-8-10-21-44-22-15-14-18-33(44)37(46)42-35(27(5)9-2)38(47)43(7)32(26(3)4)19-20-34-41-31(25-50-34)36(45)40-30(23-28(6)39(48)49)24-29-16-12-11-13-17-29/h11-13,16-17,25-28,30,32-33,35H,8-10,14-15,18-24H2,1-7H3,(H,40,45)(H,42,46)(H,48,49)/t27-,28-,30+,32+,33+,35-/m0/s1. The van der Waals surface area contributed by atoms with Crippen molar-refractivity contribution < 1.29 is 24.3 Å². The number of rotatable bonds is 20. The van der Waals surface area contributed by atoms with Crippen molar-refractivity contribution in [2.45, 2.75) is 130 Å². The highest BCUT2D eigenvalue weighted by Gasteiger charge is 2.36. The average molecular weight is 712 g/mol. The van der Waals surface area contributed by atoms with Crippen molar-refractivity contribution in [3.63, 3.8) is 0 Å². The third-order valence-electron chi connectivity index (χ3n) is 10.3. The molecule has 0 aliphatic carbocycles. The van der Waals surface area contributed by atoms with E-state index in [0.717, 1.165) is 62.2 Å². The molecule has 1 aliphatic heterocycles. The number of thiazole rings is 1. The molecule has 10 nitrogen and oxygen atoms in total. The molecule has 3 N–H and O–H groups in total. The van der Waals surface area contributed by atoms with Gasteiger partial charge in [-0.25, -0.2) is 4.98 Å². The van der Waals surface area contributed by atoms with E-state index >= 15 is 0 Å². The van der Waals surface area contributed by atoms with E-state index in [1.54, 1.807) is 12.3 Å². The van der Waals surface area contributed by atoms with Crippen LogP contribution in [-0.4, -0.2) is 87.9 Å². The monoisotopic (exact) mass is 711 g/mol. The zero-order valence-electron chi connectivity index (χ0n) is 31.3. The van der Waals surface area contributed by atoms with Crippen molar-refractivity contribution in [1.82, 2.24) is 25.4 Å². The second-order valence-corrected chi connectivity index (χ2v) is 15.5. The van der Waals surface area contributed by atoms with Crippen LogP contribution < -0.4 is 10.6 Å². The molecule has 1 saturated heterocycles. The van der Waals surface area contributed by atoms with Crippen LogP contribution in [0.3, 0.4) is 0 Å². The van der Waals surface area contributed by atoms with Gasteiger partial charge < -0.3 is 20.6 Å². The first-order valence-electron chi connectivity index (χ1n) is 18.7. The largest absolute Gasteiger partial charge is 0.481 e. The Balaban J connectivity index is 1.66. The van der Waals surface area contributed by atoms with Crippen molar-refractivity contribution in [2.75, 3.05) is 20.1 Å². The third-order valence-corrected chi connectivity index (χ3v) is 11.2. The summed E-state index contributed by atoms with van der Waals surface area (Å²) in [6.07, 6.45) is 7.94. The second-order valence-electron chi connectivity index (χ2n) is 14.5. The van der Waals surface area contributed by atoms with Gasteiger partial charge in [0.25, 0.3) is 5.91 Å². The predicted molar refractivity (Wildman–Crippen MR) is 200 cm³/mol. The van der Waals surface area contributed by atoms with Gasteiger partial charge >= 0.3 is 5.97 Å². The molecule has 3 rings (SSSR count). The number of piperidine rings is 1. The van der Waals surface area contributed by atoms with Crippen LogP contribution in [0.25, 0.3) is 0 Å². The van der Waals surface area contributed by atoms with E-state index < -0.39 is 17.9 Å². The van der Waals surface area contributed by atoms with Crippen LogP contribution in [0.4, 0.5) is 0 Å². The number of amides is 3. The van der Waals surface area contributed by atoms with Crippen LogP contribution in [-0.2, 0) is 27.2 Å². The number of unbranched alkanes of at least 4 members (excludes halogenated alkanes) is 1. The van der Waals surface area contributed by atoms with E-state index in [-0.39, 0.29) is 47.7 Å². The van der Waals surface area contributed by atoms with E-state index in [2.05, 4.69) is 48.2 Å². The second kappa shape index (κ2) is 20.5. The molecule has 6 atom stereocenters. The lowest BCUT2D eigenvalue weighted by Gasteiger charge is -2.38. The van der Waals surface area contributed by atoms with E-state index in [4.69, 9.17) is 0 Å². The SMILES string of the molecule is CCCCN1CCCC[C@@H]1C(=O)N[C@H](C(=O)N(C)[C@H](CCc1nc(C(=O)N[C@@H](Cc2ccccc2)C[C@H](C)C(=O)O)cs1)C(C)C)[C@@H](C)CC. The smallest absolute Gasteiger partial charge is 0.306 e. The summed E-state index contributed by atoms with van der Waals surface area (Å²) in [5.74, 6) is -1.78. The van der Waals surface area contributed by atoms with Gasteiger partial charge in [0.2, 0.25) is 11.8 Å². The molecular formula is C39H61N5O5S. The number of aryl methyl sites for hydroxylation is 1. The molecule has 0 unspecified atom stereocenters. The number of hydrogen-bond acceptors (Lipinski definition) is 7. The van der Waals surface area contributed by atoms with E-state index in [1.165, 1.54) is 11.3 Å². The molecule has 0 spiro atoms. The summed E-state index contributed by atoms with van der Waals surface area (Å²) in [6.45, 7) is 13.9. The maximum Gasteiger partial charge on any atom is 0.306 e. The molecule has 2 heterocycles. The lowest BCUT2D eigenvalue weighted by Crippen LogP contribution is -2.58. The number of carboxylic acid groups (broad SMARTS) is 1. The number of carboxylic acids is 1. The maximum atomic E-state index is 14.1. The molecule has 3 amide bonds. The van der Waals surface area contributed by atoms with Gasteiger partial charge in [0.15, 0.2) is 0 Å². The molecule has 278 valence electrons. The quantitative estimate of drug-likeness (QED) is 0.149. The molecule has 1 fully saturated rings. The summed E-state index contributed by atoms with van der Waals surface area (Å²) < 4.78 is 0. The lowest BCUT2D eigenvalue weighted by atomic mass is 9.93. The summed E-state index contributed by atoms with van der Waals surface area (Å²) in [5, 5.41) is 18.3. The normalized spacial score (nSPS) is 18.1. The summed E-state index contributed by atoms with van der Waals surface area (Å²) in [6, 6.07) is 8.48. The highest BCUT2D eigenvalue weighted by molar-refractivity contribution is 7.09. The first-order chi connectivity index (χ1) is 23.9. The van der Waals surface area contributed by atoms with E-state index in [9.17, 15) is 24.3 Å². The first kappa shape index (κ1) is 41.1. The first-order valence-corrected chi connectivity index (χ1v) is 19.6. The minimum absolute atomic E-state index is 0.0152. The fourth-order valence-corrected chi connectivity index (χ4v) is 7.68. The number of nitrogens with zero attached hydrogens (tertiary/aromatic N) is 3. The Morgan fingerprint density at radius 3 is 2.42 bits per heavy atom. The molecule has 0 radical (unpaired) electrons. The number of benzene rings is 1. The van der Waals surface area contributed by atoms with E-state index in [1.807, 2.05) is 49.2 Å². The maximum absolute atomic E-state index is 14.1. The molecule has 2 aromatic rings. The Morgan fingerprint density at radius 2 is 1.78 bits per heavy atom. The Labute approximate surface area is 303 Å². The molecule has 50 heavy (non-hydrogen) atoms. The molecule has 1 aromatic carbocycles. The van der Waals surface area contributed by atoms with Crippen LogP contribution >= 0.6 is 11.3 Å². The Kier molecular flexibility index (Phi) is 16.9. The predicted octanol–water partition coefficient (Wildman–Crippen LogP) is 6.20. The Hall–Kier alpha value is -3.31. The van der Waals surface area contributed by atoms with Crippen molar-refractivity contribution in [1.29, 1.82) is 0 Å². The minimum Gasteiger partial charge on any atom is -0.481 e. The third kappa shape index (κ3) is 12.2. The van der Waals surface area contributed by atoms with Gasteiger partial charge in [0, 0.05) is 30.9 Å². The van der Waals surface area contributed by atoms with Crippen molar-refractivity contribution in [2.24, 2.45) is 17.8 Å². The van der Waals surface area contributed by atoms with Crippen LogP contribution in [0, 0.1) is 17.8 Å². The lowest BCUT2D eigenvalue weighted by molar-refractivity contribution is -0.141. The van der Waals surface area contributed by atoms with Gasteiger partial charge in [-0.1, -0.05) is 91.1 Å². The summed E-state index contributed by atoms with van der Waals surface area (Å²) in [4.78, 5) is 61.4. The topological polar surface area (TPSA) is 132 Å². The number of carbonyl (C=O) groups excluding carboxylic acids is 3. The molecule has 1 aliphatic rings. The summed E-state index contributed by atoms with van der Waals surface area (Å²) in [5.41, 5.74) is 1.33. The van der Waals surface area contributed by atoms with Gasteiger partial charge in [-0.05, 0) is 69.0 Å². The van der Waals surface area contributed by atoms with E-state index in [0.29, 0.717) is 31.4 Å². The van der Waals surface area contributed by atoms with Crippen LogP contribution in [0.1, 0.15) is 114 Å². The minimum atomic E-state index is -0.896. The highest BCUT2D eigenvalue weighted by Crippen LogP contribution is 2.23. The summed E-state index contributed by atoms with van der Waals surface area (Å²) >= 11 is 1.42. The van der Waals surface area contributed by atoms with Crippen LogP contribution in [0.2, 0.25) is 0 Å². The fraction of sp³-hybridized carbons (Fsp3) is 0.667. The Morgan fingerprint density at radius 1 is 1.06 bits per heavy atom. The number of nitrogens with one attached hydrogen (secondary N) is 2. The fourth-order valence-electron chi connectivity index (χ4n) is 6.89. The number of likely N-dealkylation sites (N-methyl/N-ethyl adjacent to an activating group) is 1. The van der Waals surface area contributed by atoms with Gasteiger partial charge in [-0.2, -0.15) is 0 Å². The van der Waals surface area contributed by atoms with Gasteiger partial charge in [-0.15, -0.1) is 11.3 Å². The molecule has 11 heteroatoms. The molecule has 1 aromatic heterocycles. The Bertz CT molecular complexity index is 1370. The van der Waals surface area contributed by atoms with Crippen molar-refractivity contribution in [3.05, 3.63) is 52.0 Å². The summed E-state index contributed by atoms with van der Waals surface area (Å²) in [7, 11) is 1.84. The van der Waals surface area contributed by atoms with Gasteiger partial charge in [-0.3, -0.25) is 24.1 Å². The van der Waals surface area contributed by atoms with Crippen molar-refractivity contribution in [3.8, 4) is 0 Å². The molecule has 0 saturated carbocycles. The van der Waals surface area contributed by atoms with Crippen LogP contribution in [0.5, 0.6) is 0 Å². The van der Waals surface area contributed by atoms with Gasteiger partial charge in [0.1, 0.15) is 11.7 Å². The van der Waals surface area contributed by atoms with Crippen LogP contribution in [0.15, 0.2) is 35.7 Å². The number of carbonyl (C=O) groups is 4. The number of aliphatic carboxylic acids is 1.